The minimum absolute atomic E-state index is 0.0000181. The van der Waals surface area contributed by atoms with Crippen LogP contribution in [0.4, 0.5) is 0 Å². The third-order valence-corrected chi connectivity index (χ3v) is 5.35. The van der Waals surface area contributed by atoms with Crippen LogP contribution in [0, 0.1) is 5.92 Å². The van der Waals surface area contributed by atoms with Crippen molar-refractivity contribution in [1.82, 2.24) is 4.72 Å². The van der Waals surface area contributed by atoms with E-state index in [0.29, 0.717) is 0 Å². The lowest BCUT2D eigenvalue weighted by Crippen LogP contribution is -2.29. The van der Waals surface area contributed by atoms with E-state index in [1.807, 2.05) is 13.2 Å². The Bertz CT molecular complexity index is 589. The second-order valence-corrected chi connectivity index (χ2v) is 7.42. The van der Waals surface area contributed by atoms with Crippen molar-refractivity contribution >= 4 is 39.4 Å². The Kier molecular flexibility index (Phi) is 6.32. The van der Waals surface area contributed by atoms with E-state index in [2.05, 4.69) is 4.72 Å². The average Bonchev–Trinajstić information content (AvgIpc) is 2.37. The Morgan fingerprint density at radius 2 is 2.15 bits per heavy atom. The van der Waals surface area contributed by atoms with Crippen molar-refractivity contribution in [2.75, 3.05) is 18.6 Å². The quantitative estimate of drug-likeness (QED) is 0.797. The van der Waals surface area contributed by atoms with Crippen LogP contribution < -0.4 is 4.72 Å². The summed E-state index contributed by atoms with van der Waals surface area (Å²) < 4.78 is 26.7. The predicted molar refractivity (Wildman–Crippen MR) is 81.1 cm³/mol. The predicted octanol–water partition coefficient (Wildman–Crippen LogP) is 2.32. The van der Waals surface area contributed by atoms with Crippen LogP contribution in [0.1, 0.15) is 17.3 Å². The first kappa shape index (κ1) is 17.3. The molecule has 0 saturated carbocycles. The van der Waals surface area contributed by atoms with Crippen molar-refractivity contribution in [2.45, 2.75) is 11.8 Å². The summed E-state index contributed by atoms with van der Waals surface area (Å²) in [4.78, 5) is 10.7. The van der Waals surface area contributed by atoms with Gasteiger partial charge in [0.25, 0.3) is 0 Å². The number of hydrogen-bond acceptors (Lipinski definition) is 4. The molecule has 8 heteroatoms. The molecule has 0 saturated heterocycles. The summed E-state index contributed by atoms with van der Waals surface area (Å²) in [7, 11) is -3.81. The molecule has 0 aliphatic heterocycles. The zero-order valence-electron chi connectivity index (χ0n) is 11.1. The number of sulfonamides is 1. The lowest BCUT2D eigenvalue weighted by Gasteiger charge is -2.13. The van der Waals surface area contributed by atoms with E-state index in [4.69, 9.17) is 16.7 Å². The van der Waals surface area contributed by atoms with Crippen LogP contribution in [0.3, 0.4) is 0 Å². The van der Waals surface area contributed by atoms with Crippen molar-refractivity contribution in [3.63, 3.8) is 0 Å². The molecular formula is C12H16ClNO4S2. The number of aromatic carboxylic acids is 1. The van der Waals surface area contributed by atoms with Crippen LogP contribution >= 0.6 is 23.4 Å². The number of nitrogens with one attached hydrogen (secondary N) is 1. The zero-order valence-corrected chi connectivity index (χ0v) is 13.5. The monoisotopic (exact) mass is 337 g/mol. The molecule has 0 aliphatic rings. The van der Waals surface area contributed by atoms with Gasteiger partial charge in [0.1, 0.15) is 4.90 Å². The van der Waals surface area contributed by atoms with Gasteiger partial charge in [-0.05, 0) is 36.1 Å². The van der Waals surface area contributed by atoms with Gasteiger partial charge in [-0.15, -0.1) is 0 Å². The highest BCUT2D eigenvalue weighted by atomic mass is 35.5. The van der Waals surface area contributed by atoms with E-state index < -0.39 is 16.0 Å². The fraction of sp³-hybridized carbons (Fsp3) is 0.417. The second kappa shape index (κ2) is 7.31. The molecule has 1 aromatic rings. The molecule has 0 fully saturated rings. The van der Waals surface area contributed by atoms with E-state index in [9.17, 15) is 13.2 Å². The number of benzene rings is 1. The summed E-state index contributed by atoms with van der Waals surface area (Å²) in [6.07, 6.45) is 1.94. The molecule has 1 aromatic carbocycles. The highest BCUT2D eigenvalue weighted by Crippen LogP contribution is 2.22. The molecule has 0 radical (unpaired) electrons. The van der Waals surface area contributed by atoms with Crippen molar-refractivity contribution in [3.8, 4) is 0 Å². The van der Waals surface area contributed by atoms with Crippen LogP contribution in [0.5, 0.6) is 0 Å². The number of halogens is 1. The fourth-order valence-corrected chi connectivity index (χ4v) is 3.89. The molecule has 1 atom stereocenters. The third kappa shape index (κ3) is 4.66. The maximum absolute atomic E-state index is 12.1. The summed E-state index contributed by atoms with van der Waals surface area (Å²) >= 11 is 7.47. The summed E-state index contributed by atoms with van der Waals surface area (Å²) in [5.74, 6) is -0.208. The minimum atomic E-state index is -3.81. The molecular weight excluding hydrogens is 322 g/mol. The van der Waals surface area contributed by atoms with Gasteiger partial charge in [-0.3, -0.25) is 0 Å². The first-order chi connectivity index (χ1) is 9.27. The van der Waals surface area contributed by atoms with E-state index >= 15 is 0 Å². The van der Waals surface area contributed by atoms with Gasteiger partial charge in [-0.25, -0.2) is 17.9 Å². The molecule has 5 nitrogen and oxygen atoms in total. The lowest BCUT2D eigenvalue weighted by atomic mass is 10.2. The summed E-state index contributed by atoms with van der Waals surface area (Å²) in [5, 5.41) is 8.89. The highest BCUT2D eigenvalue weighted by molar-refractivity contribution is 7.98. The van der Waals surface area contributed by atoms with Gasteiger partial charge in [0.15, 0.2) is 0 Å². The molecule has 0 bridgehead atoms. The Hall–Kier alpha value is -0.760. The Morgan fingerprint density at radius 3 is 2.70 bits per heavy atom. The van der Waals surface area contributed by atoms with Gasteiger partial charge >= 0.3 is 5.97 Å². The normalized spacial score (nSPS) is 13.2. The number of carboxylic acid groups (broad SMARTS) is 1. The number of hydrogen-bond donors (Lipinski definition) is 2. The van der Waals surface area contributed by atoms with Gasteiger partial charge in [-0.2, -0.15) is 11.8 Å². The maximum atomic E-state index is 12.1. The fourth-order valence-electron chi connectivity index (χ4n) is 1.52. The van der Waals surface area contributed by atoms with Gasteiger partial charge in [0.2, 0.25) is 10.0 Å². The first-order valence-electron chi connectivity index (χ1n) is 5.79. The van der Waals surface area contributed by atoms with Crippen molar-refractivity contribution in [1.29, 1.82) is 0 Å². The molecule has 0 amide bonds. The lowest BCUT2D eigenvalue weighted by molar-refractivity contribution is 0.0696. The Morgan fingerprint density at radius 1 is 1.50 bits per heavy atom. The molecule has 112 valence electrons. The van der Waals surface area contributed by atoms with Crippen LogP contribution in [-0.2, 0) is 10.0 Å². The molecule has 0 aliphatic carbocycles. The van der Waals surface area contributed by atoms with Gasteiger partial charge in [0.05, 0.1) is 10.6 Å². The molecule has 0 aromatic heterocycles. The van der Waals surface area contributed by atoms with Crippen LogP contribution in [-0.4, -0.2) is 38.0 Å². The third-order valence-electron chi connectivity index (χ3n) is 2.54. The van der Waals surface area contributed by atoms with E-state index in [1.165, 1.54) is 12.1 Å². The summed E-state index contributed by atoms with van der Waals surface area (Å²) in [6.45, 7) is 2.20. The molecule has 1 rings (SSSR count). The van der Waals surface area contributed by atoms with Gasteiger partial charge < -0.3 is 5.11 Å². The molecule has 20 heavy (non-hydrogen) atoms. The number of carbonyl (C=O) groups is 1. The largest absolute Gasteiger partial charge is 0.478 e. The summed E-state index contributed by atoms with van der Waals surface area (Å²) in [5.41, 5.74) is -0.119. The smallest absolute Gasteiger partial charge is 0.335 e. The van der Waals surface area contributed by atoms with Crippen LogP contribution in [0.2, 0.25) is 5.02 Å². The first-order valence-corrected chi connectivity index (χ1v) is 9.05. The van der Waals surface area contributed by atoms with Crippen molar-refractivity contribution in [2.24, 2.45) is 5.92 Å². The SMILES string of the molecule is CSCC(C)CNS(=O)(=O)c1cc(C(=O)O)ccc1Cl. The zero-order chi connectivity index (χ0) is 15.3. The van der Waals surface area contributed by atoms with Crippen molar-refractivity contribution in [3.05, 3.63) is 28.8 Å². The average molecular weight is 338 g/mol. The van der Waals surface area contributed by atoms with Crippen molar-refractivity contribution < 1.29 is 18.3 Å². The van der Waals surface area contributed by atoms with E-state index in [-0.39, 0.29) is 27.9 Å². The Balaban J connectivity index is 2.97. The van der Waals surface area contributed by atoms with Crippen LogP contribution in [0.25, 0.3) is 0 Å². The molecule has 2 N–H and O–H groups in total. The molecule has 1 unspecified atom stereocenters. The number of rotatable bonds is 7. The minimum Gasteiger partial charge on any atom is -0.478 e. The van der Waals surface area contributed by atoms with Gasteiger partial charge in [-0.1, -0.05) is 18.5 Å². The Labute approximate surface area is 127 Å². The number of carboxylic acids is 1. The summed E-state index contributed by atoms with van der Waals surface area (Å²) in [6, 6.07) is 3.59. The number of thioether (sulfide) groups is 1. The highest BCUT2D eigenvalue weighted by Gasteiger charge is 2.20. The topological polar surface area (TPSA) is 83.5 Å². The van der Waals surface area contributed by atoms with E-state index in [1.54, 1.807) is 11.8 Å². The molecule has 0 heterocycles. The van der Waals surface area contributed by atoms with Crippen LogP contribution in [0.15, 0.2) is 23.1 Å². The van der Waals surface area contributed by atoms with E-state index in [0.717, 1.165) is 11.8 Å². The molecule has 0 spiro atoms. The van der Waals surface area contributed by atoms with Gasteiger partial charge in [0, 0.05) is 6.54 Å². The standard InChI is InChI=1S/C12H16ClNO4S2/c1-8(7-19-2)6-14-20(17,18)11-5-9(12(15)16)3-4-10(11)13/h3-5,8,14H,6-7H2,1-2H3,(H,15,16). The second-order valence-electron chi connectivity index (χ2n) is 4.36. The maximum Gasteiger partial charge on any atom is 0.335 e.